The van der Waals surface area contributed by atoms with Crippen LogP contribution in [0.25, 0.3) is 10.9 Å². The first-order chi connectivity index (χ1) is 15.3. The molecule has 0 bridgehead atoms. The fraction of sp³-hybridized carbons (Fsp3) is 0.385. The second-order valence-electron chi connectivity index (χ2n) is 8.89. The highest BCUT2D eigenvalue weighted by molar-refractivity contribution is 6.06. The molecule has 2 aromatic carbocycles. The maximum absolute atomic E-state index is 12.9. The molecule has 1 fully saturated rings. The van der Waals surface area contributed by atoms with Gasteiger partial charge in [-0.1, -0.05) is 6.07 Å². The Kier molecular flexibility index (Phi) is 6.07. The number of amides is 2. The number of nitrogens with one attached hydrogen (secondary N) is 2. The van der Waals surface area contributed by atoms with E-state index in [2.05, 4.69) is 10.6 Å². The number of carbonyl (C=O) groups is 2. The van der Waals surface area contributed by atoms with Gasteiger partial charge in [0.1, 0.15) is 5.69 Å². The van der Waals surface area contributed by atoms with Crippen molar-refractivity contribution >= 4 is 28.4 Å². The van der Waals surface area contributed by atoms with Gasteiger partial charge >= 0.3 is 0 Å². The lowest BCUT2D eigenvalue weighted by molar-refractivity contribution is 0.0205. The minimum atomic E-state index is -0.287. The van der Waals surface area contributed by atoms with Gasteiger partial charge in [0, 0.05) is 41.9 Å². The molecular formula is C26H31N3O3. The van der Waals surface area contributed by atoms with Gasteiger partial charge in [-0.05, 0) is 88.1 Å². The van der Waals surface area contributed by atoms with Gasteiger partial charge in [0.2, 0.25) is 0 Å². The van der Waals surface area contributed by atoms with E-state index in [1.165, 1.54) is 0 Å². The highest BCUT2D eigenvalue weighted by Crippen LogP contribution is 2.26. The third-order valence-corrected chi connectivity index (χ3v) is 6.40. The summed E-state index contributed by atoms with van der Waals surface area (Å²) in [6.07, 6.45) is 1.98. The van der Waals surface area contributed by atoms with E-state index >= 15 is 0 Å². The molecule has 1 aliphatic rings. The molecule has 3 aromatic rings. The summed E-state index contributed by atoms with van der Waals surface area (Å²) < 4.78 is 7.78. The number of carbonyl (C=O) groups excluding carboxylic acids is 2. The second-order valence-corrected chi connectivity index (χ2v) is 8.89. The van der Waals surface area contributed by atoms with Crippen LogP contribution in [0, 0.1) is 13.8 Å². The molecule has 4 rings (SSSR count). The SMILES string of the molecule is CCn1c(C(=O)NCC2(C)CCCO2)cc2cc(NC(=O)c3ccc(C)c(C)c3)ccc21. The van der Waals surface area contributed by atoms with Crippen LogP contribution in [0.4, 0.5) is 5.69 Å². The van der Waals surface area contributed by atoms with Crippen LogP contribution in [0.2, 0.25) is 0 Å². The van der Waals surface area contributed by atoms with Crippen molar-refractivity contribution in [2.45, 2.75) is 52.7 Å². The highest BCUT2D eigenvalue weighted by atomic mass is 16.5. The summed E-state index contributed by atoms with van der Waals surface area (Å²) in [6, 6.07) is 13.3. The molecule has 0 radical (unpaired) electrons. The molecule has 0 aliphatic carbocycles. The number of fused-ring (bicyclic) bond motifs is 1. The van der Waals surface area contributed by atoms with E-state index in [1.54, 1.807) is 0 Å². The summed E-state index contributed by atoms with van der Waals surface area (Å²) in [5.74, 6) is -0.259. The molecular weight excluding hydrogens is 402 g/mol. The second kappa shape index (κ2) is 8.79. The average molecular weight is 434 g/mol. The van der Waals surface area contributed by atoms with E-state index in [0.29, 0.717) is 30.0 Å². The topological polar surface area (TPSA) is 72.4 Å². The highest BCUT2D eigenvalue weighted by Gasteiger charge is 2.30. The maximum Gasteiger partial charge on any atom is 0.268 e. The summed E-state index contributed by atoms with van der Waals surface area (Å²) in [6.45, 7) is 10.0. The monoisotopic (exact) mass is 433 g/mol. The molecule has 168 valence electrons. The Morgan fingerprint density at radius 3 is 2.56 bits per heavy atom. The summed E-state index contributed by atoms with van der Waals surface area (Å²) in [7, 11) is 0. The fourth-order valence-corrected chi connectivity index (χ4v) is 4.30. The van der Waals surface area contributed by atoms with Crippen LogP contribution in [0.1, 0.15) is 58.7 Å². The van der Waals surface area contributed by atoms with Crippen molar-refractivity contribution in [1.82, 2.24) is 9.88 Å². The maximum atomic E-state index is 12.9. The first kappa shape index (κ1) is 22.1. The molecule has 0 spiro atoms. The van der Waals surface area contributed by atoms with Crippen LogP contribution in [0.3, 0.4) is 0 Å². The number of anilines is 1. The smallest absolute Gasteiger partial charge is 0.268 e. The summed E-state index contributed by atoms with van der Waals surface area (Å²) in [4.78, 5) is 25.6. The standard InChI is InChI=1S/C26H31N3O3/c1-5-29-22-10-9-21(28-24(30)19-8-7-17(2)18(3)13-19)14-20(22)15-23(29)25(31)27-16-26(4)11-6-12-32-26/h7-10,13-15H,5-6,11-12,16H2,1-4H3,(H,27,31)(H,28,30). The molecule has 6 heteroatoms. The zero-order valence-corrected chi connectivity index (χ0v) is 19.2. The normalized spacial score (nSPS) is 18.1. The molecule has 2 N–H and O–H groups in total. The van der Waals surface area contributed by atoms with Gasteiger partial charge in [-0.15, -0.1) is 0 Å². The van der Waals surface area contributed by atoms with Gasteiger partial charge in [0.25, 0.3) is 11.8 Å². The van der Waals surface area contributed by atoms with E-state index < -0.39 is 0 Å². The Hall–Kier alpha value is -3.12. The van der Waals surface area contributed by atoms with Crippen LogP contribution in [0.5, 0.6) is 0 Å². The molecule has 1 unspecified atom stereocenters. The van der Waals surface area contributed by atoms with Crippen molar-refractivity contribution in [2.75, 3.05) is 18.5 Å². The number of hydrogen-bond acceptors (Lipinski definition) is 3. The van der Waals surface area contributed by atoms with Gasteiger partial charge in [0.15, 0.2) is 0 Å². The Morgan fingerprint density at radius 1 is 1.06 bits per heavy atom. The zero-order valence-electron chi connectivity index (χ0n) is 19.2. The predicted molar refractivity (Wildman–Crippen MR) is 127 cm³/mol. The Bertz CT molecular complexity index is 1170. The van der Waals surface area contributed by atoms with Crippen LogP contribution >= 0.6 is 0 Å². The van der Waals surface area contributed by atoms with E-state index in [-0.39, 0.29) is 17.4 Å². The lowest BCUT2D eigenvalue weighted by Gasteiger charge is -2.23. The Morgan fingerprint density at radius 2 is 1.88 bits per heavy atom. The van der Waals surface area contributed by atoms with Crippen LogP contribution < -0.4 is 10.6 Å². The minimum absolute atomic E-state index is 0.111. The predicted octanol–water partition coefficient (Wildman–Crippen LogP) is 4.83. The number of hydrogen-bond donors (Lipinski definition) is 2. The molecule has 2 amide bonds. The molecule has 0 saturated carbocycles. The Labute approximate surface area is 188 Å². The van der Waals surface area contributed by atoms with Crippen molar-refractivity contribution in [3.63, 3.8) is 0 Å². The molecule has 32 heavy (non-hydrogen) atoms. The Balaban J connectivity index is 1.54. The lowest BCUT2D eigenvalue weighted by Crippen LogP contribution is -2.40. The third-order valence-electron chi connectivity index (χ3n) is 6.40. The lowest BCUT2D eigenvalue weighted by atomic mass is 10.0. The van der Waals surface area contributed by atoms with E-state index in [1.807, 2.05) is 74.7 Å². The van der Waals surface area contributed by atoms with Crippen molar-refractivity contribution < 1.29 is 14.3 Å². The van der Waals surface area contributed by atoms with Crippen LogP contribution in [-0.4, -0.2) is 35.1 Å². The summed E-state index contributed by atoms with van der Waals surface area (Å²) in [5, 5.41) is 6.93. The van der Waals surface area contributed by atoms with Crippen molar-refractivity contribution in [3.05, 3.63) is 64.8 Å². The van der Waals surface area contributed by atoms with Gasteiger partial charge in [0.05, 0.1) is 5.60 Å². The minimum Gasteiger partial charge on any atom is -0.373 e. The third kappa shape index (κ3) is 4.41. The quantitative estimate of drug-likeness (QED) is 0.585. The zero-order chi connectivity index (χ0) is 22.9. The number of aromatic nitrogens is 1. The first-order valence-electron chi connectivity index (χ1n) is 11.2. The van der Waals surface area contributed by atoms with Crippen molar-refractivity contribution in [1.29, 1.82) is 0 Å². The van der Waals surface area contributed by atoms with E-state index in [4.69, 9.17) is 4.74 Å². The number of aryl methyl sites for hydroxylation is 3. The number of benzene rings is 2. The number of rotatable bonds is 6. The molecule has 1 atom stereocenters. The summed E-state index contributed by atoms with van der Waals surface area (Å²) >= 11 is 0. The van der Waals surface area contributed by atoms with Crippen LogP contribution in [0.15, 0.2) is 42.5 Å². The van der Waals surface area contributed by atoms with Gasteiger partial charge in [-0.25, -0.2) is 0 Å². The van der Waals surface area contributed by atoms with E-state index in [9.17, 15) is 9.59 Å². The fourth-order valence-electron chi connectivity index (χ4n) is 4.30. The largest absolute Gasteiger partial charge is 0.373 e. The first-order valence-corrected chi connectivity index (χ1v) is 11.2. The summed E-state index contributed by atoms with van der Waals surface area (Å²) in [5.41, 5.74) is 4.86. The van der Waals surface area contributed by atoms with Gasteiger partial charge in [-0.2, -0.15) is 0 Å². The van der Waals surface area contributed by atoms with Gasteiger partial charge in [-0.3, -0.25) is 9.59 Å². The van der Waals surface area contributed by atoms with Crippen LogP contribution in [-0.2, 0) is 11.3 Å². The molecule has 1 saturated heterocycles. The molecule has 1 aromatic heterocycles. The van der Waals surface area contributed by atoms with Crippen molar-refractivity contribution in [3.8, 4) is 0 Å². The van der Waals surface area contributed by atoms with E-state index in [0.717, 1.165) is 41.5 Å². The molecule has 1 aliphatic heterocycles. The average Bonchev–Trinajstić information content (AvgIpc) is 3.37. The number of ether oxygens (including phenoxy) is 1. The molecule has 2 heterocycles. The number of nitrogens with zero attached hydrogens (tertiary/aromatic N) is 1. The van der Waals surface area contributed by atoms with Gasteiger partial charge < -0.3 is 19.9 Å². The molecule has 6 nitrogen and oxygen atoms in total. The van der Waals surface area contributed by atoms with Crippen molar-refractivity contribution in [2.24, 2.45) is 0 Å².